The average molecular weight is 1760 g/mol. The Morgan fingerprint density at radius 3 is 0.699 bits per heavy atom. The molecule has 0 bridgehead atoms. The lowest BCUT2D eigenvalue weighted by atomic mass is 9.82. The van der Waals surface area contributed by atoms with Gasteiger partial charge >= 0.3 is 0 Å². The zero-order valence-corrected chi connectivity index (χ0v) is 70.6. The van der Waals surface area contributed by atoms with E-state index in [4.69, 9.17) is 0 Å². The summed E-state index contributed by atoms with van der Waals surface area (Å²) in [6, 6.07) is 83.3. The van der Waals surface area contributed by atoms with Crippen LogP contribution < -0.4 is 29.4 Å². The summed E-state index contributed by atoms with van der Waals surface area (Å²) in [4.78, 5) is 198. The second kappa shape index (κ2) is 29.1. The highest BCUT2D eigenvalue weighted by Crippen LogP contribution is 2.52. The minimum atomic E-state index is -0.470. The highest BCUT2D eigenvalue weighted by Gasteiger charge is 2.45. The smallest absolute Gasteiger partial charge is 0.267 e. The Kier molecular flexibility index (Phi) is 16.6. The van der Waals surface area contributed by atoms with Crippen LogP contribution in [0.15, 0.2) is 341 Å². The van der Waals surface area contributed by atoms with Gasteiger partial charge in [0, 0.05) is 150 Å². The molecule has 22 aromatic rings. The number of anilines is 6. The number of aromatic nitrogens is 6. The van der Waals surface area contributed by atoms with Crippen LogP contribution in [-0.2, 0) is 0 Å². The lowest BCUT2D eigenvalue weighted by Crippen LogP contribution is -2.40. The molecule has 0 aliphatic carbocycles. The van der Waals surface area contributed by atoms with Gasteiger partial charge in [-0.2, -0.15) is 0 Å². The van der Waals surface area contributed by atoms with E-state index in [2.05, 4.69) is 29.9 Å². The summed E-state index contributed by atoms with van der Waals surface area (Å²) in [6.07, 6.45) is 15.9. The molecule has 0 saturated carbocycles. The van der Waals surface area contributed by atoms with Gasteiger partial charge < -0.3 is 0 Å². The molecular weight excluding hydrogens is 1710 g/mol. The molecule has 12 amide bonds. The molecule has 0 N–H and O–H groups in total. The van der Waals surface area contributed by atoms with Crippen LogP contribution in [0.4, 0.5) is 34.1 Å². The number of imide groups is 6. The van der Waals surface area contributed by atoms with Gasteiger partial charge in [-0.15, -0.1) is 0 Å². The molecule has 0 saturated heterocycles. The third-order valence-electron chi connectivity index (χ3n) is 27.0. The van der Waals surface area contributed by atoms with Gasteiger partial charge in [0.1, 0.15) is 0 Å². The molecule has 0 spiro atoms. The van der Waals surface area contributed by atoms with Gasteiger partial charge in [0.2, 0.25) is 0 Å². The highest BCUT2D eigenvalue weighted by molar-refractivity contribution is 6.49. The second-order valence-electron chi connectivity index (χ2n) is 33.7. The summed E-state index contributed by atoms with van der Waals surface area (Å²) in [5.41, 5.74) is 12.4. The van der Waals surface area contributed by atoms with Crippen LogP contribution in [0.3, 0.4) is 0 Å². The van der Waals surface area contributed by atoms with E-state index < -0.39 is 70.9 Å². The van der Waals surface area contributed by atoms with Gasteiger partial charge in [0.15, 0.2) is 0 Å². The van der Waals surface area contributed by atoms with Crippen molar-refractivity contribution >= 4 is 224 Å². The van der Waals surface area contributed by atoms with Gasteiger partial charge in [-0.1, -0.05) is 109 Å². The van der Waals surface area contributed by atoms with Gasteiger partial charge in [-0.05, 0) is 257 Å². The Hall–Kier alpha value is -19.4. The largest absolute Gasteiger partial charge is 0.268 e. The molecule has 12 heterocycles. The average Bonchev–Trinajstić information content (AvgIpc) is 1.49. The molecule has 6 aliphatic rings. The van der Waals surface area contributed by atoms with E-state index in [1.165, 1.54) is 56.5 Å². The zero-order valence-electron chi connectivity index (χ0n) is 70.6. The van der Waals surface area contributed by atoms with Crippen molar-refractivity contribution in [1.82, 2.24) is 29.9 Å². The molecule has 6 aromatic heterocycles. The van der Waals surface area contributed by atoms with Crippen LogP contribution in [0.1, 0.15) is 124 Å². The molecule has 16 aromatic carbocycles. The fraction of sp³-hybridized carbons (Fsp3) is 0. The van der Waals surface area contributed by atoms with Crippen molar-refractivity contribution in [2.75, 3.05) is 29.4 Å². The summed E-state index contributed by atoms with van der Waals surface area (Å²) in [6.45, 7) is 0. The SMILES string of the molecule is O=C1c2ccc3c4ccc5c6c(ccc(c7ccc(c2c37)C(=O)N1c1ccc(-c2ccncc2)cc1)c64)C(=O)N(c1ccc(-c2ccncc2)cc1)C5=O.O=C1c2ccc3c4ccc5c6c(ccc(c7ccc(c2c37)C(=O)N1c1cccc2ncccc12)c64)C(=O)N(c1cccc2ncccc12)C5=O.O=C1c2ccncc2C(=O)N1c1ccc(N2C(=O)c3ccncc3C2=O)c2ccccc12. The summed E-state index contributed by atoms with van der Waals surface area (Å²) in [5.74, 6) is -5.03. The summed E-state index contributed by atoms with van der Waals surface area (Å²) >= 11 is 0. The third kappa shape index (κ3) is 10.9. The van der Waals surface area contributed by atoms with E-state index in [-0.39, 0.29) is 22.3 Å². The first-order valence-electron chi connectivity index (χ1n) is 43.4. The summed E-state index contributed by atoms with van der Waals surface area (Å²) in [5, 5.41) is 14.9. The van der Waals surface area contributed by atoms with E-state index in [1.807, 2.05) is 121 Å². The molecule has 0 atom stereocenters. The lowest BCUT2D eigenvalue weighted by Gasteiger charge is -2.30. The molecule has 24 heteroatoms. The molecule has 636 valence electrons. The lowest BCUT2D eigenvalue weighted by molar-refractivity contribution is 0.0877. The Morgan fingerprint density at radius 2 is 0.404 bits per heavy atom. The zero-order chi connectivity index (χ0) is 91.6. The van der Waals surface area contributed by atoms with Crippen LogP contribution in [0.5, 0.6) is 0 Å². The highest BCUT2D eigenvalue weighted by atomic mass is 16.2. The predicted octanol–water partition coefficient (Wildman–Crippen LogP) is 21.1. The number of carbonyl (C=O) groups is 12. The molecule has 136 heavy (non-hydrogen) atoms. The normalized spacial score (nSPS) is 14.4. The third-order valence-corrected chi connectivity index (χ3v) is 27.0. The Labute approximate surface area is 766 Å². The number of pyridine rings is 6. The molecule has 0 unspecified atom stereocenters. The summed E-state index contributed by atoms with van der Waals surface area (Å²) < 4.78 is 0. The number of amides is 12. The van der Waals surface area contributed by atoms with E-state index in [9.17, 15) is 57.5 Å². The van der Waals surface area contributed by atoms with Crippen LogP contribution >= 0.6 is 0 Å². The quantitative estimate of drug-likeness (QED) is 0.0775. The predicted molar refractivity (Wildman–Crippen MR) is 517 cm³/mol. The maximum Gasteiger partial charge on any atom is 0.267 e. The van der Waals surface area contributed by atoms with Crippen LogP contribution in [0, 0.1) is 0 Å². The van der Waals surface area contributed by atoms with Crippen molar-refractivity contribution in [3.05, 3.63) is 408 Å². The minimum Gasteiger partial charge on any atom is -0.268 e. The topological polar surface area (TPSA) is 302 Å². The fourth-order valence-electron chi connectivity index (χ4n) is 21.0. The van der Waals surface area contributed by atoms with Gasteiger partial charge in [0.25, 0.3) is 70.9 Å². The van der Waals surface area contributed by atoms with E-state index in [0.717, 1.165) is 96.7 Å². The van der Waals surface area contributed by atoms with Crippen LogP contribution in [-0.4, -0.2) is 101 Å². The van der Waals surface area contributed by atoms with Crippen molar-refractivity contribution in [3.63, 3.8) is 0 Å². The molecular formula is C112H56N12O12. The molecule has 24 nitrogen and oxygen atoms in total. The number of fused-ring (bicyclic) bond motifs is 9. The molecule has 0 fully saturated rings. The van der Waals surface area contributed by atoms with Crippen molar-refractivity contribution in [2.45, 2.75) is 0 Å². The van der Waals surface area contributed by atoms with Gasteiger partial charge in [-0.25, -0.2) is 29.4 Å². The molecule has 0 radical (unpaired) electrons. The fourth-order valence-corrected chi connectivity index (χ4v) is 21.0. The number of hydrogen-bond donors (Lipinski definition) is 0. The van der Waals surface area contributed by atoms with E-state index in [1.54, 1.807) is 183 Å². The first-order chi connectivity index (χ1) is 66.6. The molecule has 28 rings (SSSR count). The standard InChI is InChI=1S/C46H24N4O4.C42H20N4O4.C24H12N4O4/c51-43-35-13-9-31-33-11-15-37-42-38(46(54)50(45(37)53)30-7-3-26(4-8-30)28-19-23-48-24-20-28)16-12-34(40(33)42)32-10-14-36(41(35)39(31)32)44(52)49(43)29-5-1-25(2-6-29)27-17-21-47-22-18-27;47-39-27-15-11-21-23-13-17-29-38-30(42(50)46(41(29)49)34-10-2-8-32-26(34)6-4-20-44-32)18-14-24(36(23)38)22-12-16-28(37(27)35(21)22)40(48)45(39)33-9-1-7-31-25(33)5-3-19-43-31;29-21-15-7-9-25-11-17(15)23(31)27(21)19-5-6-20(14-4-2-1-3-13(14)19)28-22(30)16-8-10-26-12-18(16)24(28)32/h1-24H;1-20H;1-12H. The van der Waals surface area contributed by atoms with Crippen molar-refractivity contribution in [1.29, 1.82) is 0 Å². The molecule has 6 aliphatic heterocycles. The first kappa shape index (κ1) is 77.7. The Morgan fingerprint density at radius 1 is 0.154 bits per heavy atom. The second-order valence-corrected chi connectivity index (χ2v) is 33.7. The number of nitrogens with zero attached hydrogens (tertiary/aromatic N) is 12. The van der Waals surface area contributed by atoms with E-state index >= 15 is 0 Å². The number of carbonyl (C=O) groups excluding carboxylic acids is 12. The van der Waals surface area contributed by atoms with Gasteiger partial charge in [0.05, 0.1) is 67.4 Å². The Bertz CT molecular complexity index is 8530. The van der Waals surface area contributed by atoms with Crippen molar-refractivity contribution in [2.24, 2.45) is 0 Å². The monoisotopic (exact) mass is 1760 g/mol. The van der Waals surface area contributed by atoms with Crippen molar-refractivity contribution < 1.29 is 57.5 Å². The minimum absolute atomic E-state index is 0.235. The number of hydrogen-bond acceptors (Lipinski definition) is 18. The van der Waals surface area contributed by atoms with Crippen molar-refractivity contribution in [3.8, 4) is 22.3 Å². The first-order valence-corrected chi connectivity index (χ1v) is 43.4. The number of rotatable bonds is 8. The van der Waals surface area contributed by atoms with Crippen LogP contribution in [0.2, 0.25) is 0 Å². The number of benzene rings is 16. The van der Waals surface area contributed by atoms with Gasteiger partial charge in [-0.3, -0.25) is 87.4 Å². The maximum atomic E-state index is 14.3. The summed E-state index contributed by atoms with van der Waals surface area (Å²) in [7, 11) is 0. The van der Waals surface area contributed by atoms with Crippen LogP contribution in [0.25, 0.3) is 141 Å². The van der Waals surface area contributed by atoms with E-state index in [0.29, 0.717) is 133 Å². The maximum absolute atomic E-state index is 14.3. The Balaban J connectivity index is 0.000000109.